The molecule has 0 saturated carbocycles. The summed E-state index contributed by atoms with van der Waals surface area (Å²) in [4.78, 5) is 10.9. The van der Waals surface area contributed by atoms with E-state index in [-0.39, 0.29) is 5.97 Å². The lowest BCUT2D eigenvalue weighted by atomic mass is 9.84. The molecule has 1 unspecified atom stereocenters. The summed E-state index contributed by atoms with van der Waals surface area (Å²) < 4.78 is 5.28. The first-order valence-corrected chi connectivity index (χ1v) is 5.41. The first-order valence-electron chi connectivity index (χ1n) is 5.41. The van der Waals surface area contributed by atoms with Crippen LogP contribution in [0.1, 0.15) is 47.0 Å². The van der Waals surface area contributed by atoms with E-state index < -0.39 is 0 Å². The molecule has 0 aliphatic heterocycles. The van der Waals surface area contributed by atoms with E-state index in [1.807, 2.05) is 0 Å². The van der Waals surface area contributed by atoms with Crippen LogP contribution in [0.3, 0.4) is 0 Å². The second kappa shape index (κ2) is 4.63. The van der Waals surface area contributed by atoms with Crippen molar-refractivity contribution >= 4 is 5.97 Å². The van der Waals surface area contributed by atoms with Gasteiger partial charge in [-0.05, 0) is 30.3 Å². The van der Waals surface area contributed by atoms with E-state index in [0.29, 0.717) is 11.8 Å². The van der Waals surface area contributed by atoms with Crippen LogP contribution in [0.25, 0.3) is 0 Å². The van der Waals surface area contributed by atoms with Gasteiger partial charge in [0.05, 0.1) is 0 Å². The summed E-state index contributed by atoms with van der Waals surface area (Å²) in [5.74, 6) is 1.89. The van der Waals surface area contributed by atoms with Crippen LogP contribution in [-0.4, -0.2) is 5.97 Å². The highest BCUT2D eigenvalue weighted by molar-refractivity contribution is 5.67. The van der Waals surface area contributed by atoms with E-state index in [1.165, 1.54) is 18.9 Å². The van der Waals surface area contributed by atoms with Gasteiger partial charge in [0.15, 0.2) is 0 Å². The van der Waals surface area contributed by atoms with E-state index in [1.54, 1.807) is 0 Å². The SMILES string of the molecule is CC(=O)OC1=C(C(C)C)CCC(C)C1. The van der Waals surface area contributed by atoms with Crippen molar-refractivity contribution in [2.45, 2.75) is 47.0 Å². The lowest BCUT2D eigenvalue weighted by Gasteiger charge is -2.26. The molecule has 0 aromatic heterocycles. The quantitative estimate of drug-likeness (QED) is 0.633. The van der Waals surface area contributed by atoms with Crippen molar-refractivity contribution in [3.8, 4) is 0 Å². The monoisotopic (exact) mass is 196 g/mol. The third kappa shape index (κ3) is 2.86. The van der Waals surface area contributed by atoms with Crippen molar-refractivity contribution in [3.63, 3.8) is 0 Å². The summed E-state index contributed by atoms with van der Waals surface area (Å²) in [5.41, 5.74) is 1.33. The van der Waals surface area contributed by atoms with Crippen molar-refractivity contribution in [2.75, 3.05) is 0 Å². The molecule has 0 heterocycles. The molecular weight excluding hydrogens is 176 g/mol. The first kappa shape index (κ1) is 11.3. The minimum atomic E-state index is -0.188. The Morgan fingerprint density at radius 1 is 1.50 bits per heavy atom. The van der Waals surface area contributed by atoms with Crippen molar-refractivity contribution in [1.82, 2.24) is 0 Å². The van der Waals surface area contributed by atoms with E-state index >= 15 is 0 Å². The first-order chi connectivity index (χ1) is 6.50. The van der Waals surface area contributed by atoms with Gasteiger partial charge < -0.3 is 4.74 Å². The number of esters is 1. The summed E-state index contributed by atoms with van der Waals surface area (Å²) in [6.45, 7) is 8.01. The molecular formula is C12H20O2. The molecule has 0 spiro atoms. The van der Waals surface area contributed by atoms with Crippen LogP contribution in [0.15, 0.2) is 11.3 Å². The molecule has 0 amide bonds. The highest BCUT2D eigenvalue weighted by atomic mass is 16.5. The third-order valence-electron chi connectivity index (χ3n) is 2.76. The summed E-state index contributed by atoms with van der Waals surface area (Å²) in [6.07, 6.45) is 3.23. The van der Waals surface area contributed by atoms with Crippen molar-refractivity contribution in [3.05, 3.63) is 11.3 Å². The molecule has 2 heteroatoms. The van der Waals surface area contributed by atoms with E-state index in [0.717, 1.165) is 18.6 Å². The maximum absolute atomic E-state index is 10.9. The van der Waals surface area contributed by atoms with Gasteiger partial charge in [0.25, 0.3) is 0 Å². The number of hydrogen-bond donors (Lipinski definition) is 0. The minimum absolute atomic E-state index is 0.188. The number of carbonyl (C=O) groups is 1. The largest absolute Gasteiger partial charge is 0.431 e. The van der Waals surface area contributed by atoms with Gasteiger partial charge in [0.1, 0.15) is 5.76 Å². The predicted molar refractivity (Wildman–Crippen MR) is 56.6 cm³/mol. The number of allylic oxidation sites excluding steroid dienone is 2. The van der Waals surface area contributed by atoms with Gasteiger partial charge in [-0.25, -0.2) is 0 Å². The Balaban J connectivity index is 2.82. The van der Waals surface area contributed by atoms with Crippen molar-refractivity contribution in [2.24, 2.45) is 11.8 Å². The number of carbonyl (C=O) groups excluding carboxylic acids is 1. The van der Waals surface area contributed by atoms with Crippen LogP contribution in [0.4, 0.5) is 0 Å². The Morgan fingerprint density at radius 3 is 2.64 bits per heavy atom. The maximum atomic E-state index is 10.9. The average Bonchev–Trinajstić information content (AvgIpc) is 2.01. The zero-order valence-electron chi connectivity index (χ0n) is 9.59. The molecule has 1 rings (SSSR count). The van der Waals surface area contributed by atoms with E-state index in [4.69, 9.17) is 4.74 Å². The second-order valence-corrected chi connectivity index (χ2v) is 4.54. The topological polar surface area (TPSA) is 26.3 Å². The summed E-state index contributed by atoms with van der Waals surface area (Å²) >= 11 is 0. The molecule has 0 radical (unpaired) electrons. The Kier molecular flexibility index (Phi) is 3.73. The van der Waals surface area contributed by atoms with Crippen molar-refractivity contribution in [1.29, 1.82) is 0 Å². The highest BCUT2D eigenvalue weighted by Crippen LogP contribution is 2.33. The molecule has 14 heavy (non-hydrogen) atoms. The molecule has 0 N–H and O–H groups in total. The molecule has 0 aromatic rings. The highest BCUT2D eigenvalue weighted by Gasteiger charge is 2.22. The van der Waals surface area contributed by atoms with Crippen LogP contribution in [0.5, 0.6) is 0 Å². The van der Waals surface area contributed by atoms with Gasteiger partial charge >= 0.3 is 5.97 Å². The van der Waals surface area contributed by atoms with Gasteiger partial charge in [-0.3, -0.25) is 4.79 Å². The van der Waals surface area contributed by atoms with Gasteiger partial charge in [-0.15, -0.1) is 0 Å². The Morgan fingerprint density at radius 2 is 2.14 bits per heavy atom. The van der Waals surface area contributed by atoms with Crippen LogP contribution < -0.4 is 0 Å². The number of hydrogen-bond acceptors (Lipinski definition) is 2. The van der Waals surface area contributed by atoms with Crippen LogP contribution >= 0.6 is 0 Å². The second-order valence-electron chi connectivity index (χ2n) is 4.54. The van der Waals surface area contributed by atoms with Crippen LogP contribution in [0.2, 0.25) is 0 Å². The maximum Gasteiger partial charge on any atom is 0.307 e. The Labute approximate surface area is 86.3 Å². The fourth-order valence-corrected chi connectivity index (χ4v) is 1.98. The molecule has 80 valence electrons. The Hall–Kier alpha value is -0.790. The molecule has 0 aromatic carbocycles. The van der Waals surface area contributed by atoms with Crippen molar-refractivity contribution < 1.29 is 9.53 Å². The third-order valence-corrected chi connectivity index (χ3v) is 2.76. The number of ether oxygens (including phenoxy) is 1. The average molecular weight is 196 g/mol. The van der Waals surface area contributed by atoms with E-state index in [9.17, 15) is 4.79 Å². The normalized spacial score (nSPS) is 22.8. The zero-order chi connectivity index (χ0) is 10.7. The minimum Gasteiger partial charge on any atom is -0.431 e. The Bertz CT molecular complexity index is 251. The zero-order valence-corrected chi connectivity index (χ0v) is 9.59. The summed E-state index contributed by atoms with van der Waals surface area (Å²) in [6, 6.07) is 0. The van der Waals surface area contributed by atoms with Gasteiger partial charge in [0, 0.05) is 13.3 Å². The fraction of sp³-hybridized carbons (Fsp3) is 0.750. The molecule has 0 saturated heterocycles. The molecule has 1 aliphatic rings. The van der Waals surface area contributed by atoms with Crippen LogP contribution in [-0.2, 0) is 9.53 Å². The predicted octanol–water partition coefficient (Wildman–Crippen LogP) is 3.28. The molecule has 0 bridgehead atoms. The molecule has 0 fully saturated rings. The van der Waals surface area contributed by atoms with Gasteiger partial charge in [0.2, 0.25) is 0 Å². The lowest BCUT2D eigenvalue weighted by Crippen LogP contribution is -2.15. The van der Waals surface area contributed by atoms with Crippen LogP contribution in [0, 0.1) is 11.8 Å². The standard InChI is InChI=1S/C12H20O2/c1-8(2)11-6-5-9(3)7-12(11)14-10(4)13/h8-9H,5-7H2,1-4H3. The molecule has 1 atom stereocenters. The smallest absolute Gasteiger partial charge is 0.307 e. The van der Waals surface area contributed by atoms with E-state index in [2.05, 4.69) is 20.8 Å². The summed E-state index contributed by atoms with van der Waals surface area (Å²) in [7, 11) is 0. The summed E-state index contributed by atoms with van der Waals surface area (Å²) in [5, 5.41) is 0. The lowest BCUT2D eigenvalue weighted by molar-refractivity contribution is -0.137. The fourth-order valence-electron chi connectivity index (χ4n) is 1.98. The van der Waals surface area contributed by atoms with Gasteiger partial charge in [-0.1, -0.05) is 20.8 Å². The molecule has 2 nitrogen and oxygen atoms in total. The van der Waals surface area contributed by atoms with Gasteiger partial charge in [-0.2, -0.15) is 0 Å². The number of rotatable bonds is 2. The molecule has 1 aliphatic carbocycles.